The molecular formula is C17H28N2. The van der Waals surface area contributed by atoms with Gasteiger partial charge < -0.3 is 11.1 Å². The van der Waals surface area contributed by atoms with Crippen LogP contribution in [0.25, 0.3) is 0 Å². The van der Waals surface area contributed by atoms with Crippen molar-refractivity contribution in [1.29, 1.82) is 0 Å². The highest BCUT2D eigenvalue weighted by molar-refractivity contribution is 5.64. The lowest BCUT2D eigenvalue weighted by Crippen LogP contribution is -2.15. The summed E-state index contributed by atoms with van der Waals surface area (Å²) >= 11 is 0. The Labute approximate surface area is 117 Å². The Balaban J connectivity index is 2.32. The monoisotopic (exact) mass is 260 g/mol. The molecule has 106 valence electrons. The van der Waals surface area contributed by atoms with Gasteiger partial charge in [-0.3, -0.25) is 0 Å². The normalized spacial score (nSPS) is 16.5. The van der Waals surface area contributed by atoms with Gasteiger partial charge in [-0.05, 0) is 47.9 Å². The second-order valence-corrected chi connectivity index (χ2v) is 6.50. The molecule has 2 nitrogen and oxygen atoms in total. The number of nitrogens with one attached hydrogen (secondary N) is 1. The molecule has 1 aromatic rings. The molecule has 1 aliphatic rings. The zero-order chi connectivity index (χ0) is 14.0. The van der Waals surface area contributed by atoms with Gasteiger partial charge in [0.05, 0.1) is 0 Å². The van der Waals surface area contributed by atoms with Crippen LogP contribution in [0.3, 0.4) is 0 Å². The Morgan fingerprint density at radius 1 is 1.00 bits per heavy atom. The molecule has 0 bridgehead atoms. The minimum Gasteiger partial charge on any atom is -0.398 e. The molecule has 0 aromatic heterocycles. The number of hydrogen-bond acceptors (Lipinski definition) is 2. The fourth-order valence-corrected chi connectivity index (χ4v) is 3.04. The number of benzene rings is 1. The summed E-state index contributed by atoms with van der Waals surface area (Å²) in [6.45, 7) is 8.87. The van der Waals surface area contributed by atoms with E-state index in [0.29, 0.717) is 17.9 Å². The molecule has 0 heterocycles. The van der Waals surface area contributed by atoms with Gasteiger partial charge in [0, 0.05) is 17.4 Å². The number of nitrogens with two attached hydrogens (primary N) is 1. The van der Waals surface area contributed by atoms with Crippen LogP contribution in [0.4, 0.5) is 11.4 Å². The summed E-state index contributed by atoms with van der Waals surface area (Å²) in [4.78, 5) is 0. The van der Waals surface area contributed by atoms with Gasteiger partial charge in [0.25, 0.3) is 0 Å². The lowest BCUT2D eigenvalue weighted by Gasteiger charge is -2.21. The third-order valence-corrected chi connectivity index (χ3v) is 4.21. The lowest BCUT2D eigenvalue weighted by atomic mass is 9.92. The molecule has 0 radical (unpaired) electrons. The first-order chi connectivity index (χ1) is 8.99. The van der Waals surface area contributed by atoms with Gasteiger partial charge in [-0.1, -0.05) is 40.5 Å². The highest BCUT2D eigenvalue weighted by Gasteiger charge is 2.17. The molecule has 1 fully saturated rings. The number of rotatable bonds is 4. The number of nitrogen functional groups attached to an aromatic ring is 1. The van der Waals surface area contributed by atoms with Crippen LogP contribution < -0.4 is 11.1 Å². The Kier molecular flexibility index (Phi) is 4.38. The second kappa shape index (κ2) is 5.85. The van der Waals surface area contributed by atoms with E-state index >= 15 is 0 Å². The Bertz CT molecular complexity index is 400. The van der Waals surface area contributed by atoms with Crippen LogP contribution >= 0.6 is 0 Å². The Morgan fingerprint density at radius 3 is 1.89 bits per heavy atom. The highest BCUT2D eigenvalue weighted by Crippen LogP contribution is 2.34. The zero-order valence-electron chi connectivity index (χ0n) is 12.8. The molecule has 0 aliphatic heterocycles. The molecule has 1 aromatic carbocycles. The molecule has 0 saturated heterocycles. The third-order valence-electron chi connectivity index (χ3n) is 4.21. The van der Waals surface area contributed by atoms with Gasteiger partial charge in [-0.25, -0.2) is 0 Å². The van der Waals surface area contributed by atoms with Crippen molar-refractivity contribution in [3.8, 4) is 0 Å². The summed E-state index contributed by atoms with van der Waals surface area (Å²) in [5.41, 5.74) is 11.1. The maximum Gasteiger partial charge on any atom is 0.0385 e. The molecule has 0 spiro atoms. The van der Waals surface area contributed by atoms with Gasteiger partial charge in [-0.15, -0.1) is 0 Å². The smallest absolute Gasteiger partial charge is 0.0385 e. The lowest BCUT2D eigenvalue weighted by molar-refractivity contribution is 0.753. The molecule has 0 atom stereocenters. The third kappa shape index (κ3) is 3.23. The largest absolute Gasteiger partial charge is 0.398 e. The first-order valence-corrected chi connectivity index (χ1v) is 7.69. The molecule has 3 N–H and O–H groups in total. The fourth-order valence-electron chi connectivity index (χ4n) is 3.04. The molecular weight excluding hydrogens is 232 g/mol. The van der Waals surface area contributed by atoms with E-state index in [2.05, 4.69) is 45.1 Å². The minimum absolute atomic E-state index is 0.475. The predicted octanol–water partition coefficient (Wildman–Crippen LogP) is 4.87. The average Bonchev–Trinajstić information content (AvgIpc) is 2.83. The second-order valence-electron chi connectivity index (χ2n) is 6.50. The van der Waals surface area contributed by atoms with E-state index in [1.807, 2.05) is 0 Å². The van der Waals surface area contributed by atoms with E-state index in [9.17, 15) is 0 Å². The summed E-state index contributed by atoms with van der Waals surface area (Å²) in [6.07, 6.45) is 5.33. The first kappa shape index (κ1) is 14.2. The van der Waals surface area contributed by atoms with Crippen molar-refractivity contribution in [2.75, 3.05) is 11.1 Å². The molecule has 1 saturated carbocycles. The van der Waals surface area contributed by atoms with Crippen LogP contribution in [0.2, 0.25) is 0 Å². The van der Waals surface area contributed by atoms with Gasteiger partial charge >= 0.3 is 0 Å². The maximum absolute atomic E-state index is 6.33. The van der Waals surface area contributed by atoms with Crippen molar-refractivity contribution < 1.29 is 0 Å². The van der Waals surface area contributed by atoms with E-state index < -0.39 is 0 Å². The van der Waals surface area contributed by atoms with E-state index in [4.69, 9.17) is 5.73 Å². The first-order valence-electron chi connectivity index (χ1n) is 7.69. The quantitative estimate of drug-likeness (QED) is 0.758. The van der Waals surface area contributed by atoms with Gasteiger partial charge in [0.2, 0.25) is 0 Å². The SMILES string of the molecule is CC(C)c1cc(NC2CCCC2)cc(C(C)C)c1N. The van der Waals surface area contributed by atoms with Crippen LogP contribution in [0.5, 0.6) is 0 Å². The van der Waals surface area contributed by atoms with Crippen molar-refractivity contribution in [2.45, 2.75) is 71.3 Å². The standard InChI is InChI=1S/C17H28N2/c1-11(2)15-9-14(19-13-7-5-6-8-13)10-16(12(3)4)17(15)18/h9-13,19H,5-8,18H2,1-4H3. The Morgan fingerprint density at radius 2 is 1.47 bits per heavy atom. The van der Waals surface area contributed by atoms with Crippen LogP contribution in [0.1, 0.15) is 76.3 Å². The molecule has 0 unspecified atom stereocenters. The van der Waals surface area contributed by atoms with Crippen LogP contribution in [0.15, 0.2) is 12.1 Å². The van der Waals surface area contributed by atoms with E-state index in [0.717, 1.165) is 5.69 Å². The summed E-state index contributed by atoms with van der Waals surface area (Å²) < 4.78 is 0. The highest BCUT2D eigenvalue weighted by atomic mass is 14.9. The minimum atomic E-state index is 0.475. The van der Waals surface area contributed by atoms with Gasteiger partial charge in [0.15, 0.2) is 0 Å². The van der Waals surface area contributed by atoms with E-state index in [1.54, 1.807) is 0 Å². The number of hydrogen-bond donors (Lipinski definition) is 2. The summed E-state index contributed by atoms with van der Waals surface area (Å²) in [6, 6.07) is 5.16. The van der Waals surface area contributed by atoms with Crippen LogP contribution in [-0.4, -0.2) is 6.04 Å². The molecule has 0 amide bonds. The maximum atomic E-state index is 6.33. The van der Waals surface area contributed by atoms with Crippen LogP contribution in [0, 0.1) is 0 Å². The zero-order valence-corrected chi connectivity index (χ0v) is 12.8. The molecule has 2 rings (SSSR count). The topological polar surface area (TPSA) is 38.0 Å². The molecule has 1 aliphatic carbocycles. The fraction of sp³-hybridized carbons (Fsp3) is 0.647. The van der Waals surface area contributed by atoms with Crippen molar-refractivity contribution in [2.24, 2.45) is 0 Å². The van der Waals surface area contributed by atoms with Gasteiger partial charge in [-0.2, -0.15) is 0 Å². The number of anilines is 2. The molecule has 2 heteroatoms. The Hall–Kier alpha value is -1.18. The molecule has 19 heavy (non-hydrogen) atoms. The van der Waals surface area contributed by atoms with Crippen molar-refractivity contribution in [1.82, 2.24) is 0 Å². The summed E-state index contributed by atoms with van der Waals surface area (Å²) in [5.74, 6) is 0.950. The summed E-state index contributed by atoms with van der Waals surface area (Å²) in [5, 5.41) is 3.70. The van der Waals surface area contributed by atoms with Crippen molar-refractivity contribution >= 4 is 11.4 Å². The van der Waals surface area contributed by atoms with E-state index in [-0.39, 0.29) is 0 Å². The van der Waals surface area contributed by atoms with E-state index in [1.165, 1.54) is 42.5 Å². The van der Waals surface area contributed by atoms with Gasteiger partial charge in [0.1, 0.15) is 0 Å². The average molecular weight is 260 g/mol. The van der Waals surface area contributed by atoms with Crippen LogP contribution in [-0.2, 0) is 0 Å². The van der Waals surface area contributed by atoms with Crippen molar-refractivity contribution in [3.05, 3.63) is 23.3 Å². The predicted molar refractivity (Wildman–Crippen MR) is 84.9 cm³/mol. The van der Waals surface area contributed by atoms with Crippen molar-refractivity contribution in [3.63, 3.8) is 0 Å². The summed E-state index contributed by atoms with van der Waals surface area (Å²) in [7, 11) is 0.